The first-order valence-electron chi connectivity index (χ1n) is 12.4. The Labute approximate surface area is 228 Å². The molecule has 1 N–H and O–H groups in total. The molecule has 10 nitrogen and oxygen atoms in total. The Balaban J connectivity index is 1.46. The molecule has 0 spiro atoms. The van der Waals surface area contributed by atoms with Crippen molar-refractivity contribution in [3.63, 3.8) is 0 Å². The Hall–Kier alpha value is -4.80. The number of ether oxygens (including phenoxy) is 5. The van der Waals surface area contributed by atoms with Crippen LogP contribution in [0.4, 0.5) is 0 Å². The van der Waals surface area contributed by atoms with Crippen molar-refractivity contribution in [3.8, 4) is 0 Å². The molecule has 5 atom stereocenters. The van der Waals surface area contributed by atoms with E-state index in [1.165, 1.54) is 24.3 Å². The van der Waals surface area contributed by atoms with Crippen LogP contribution in [0, 0.1) is 0 Å². The van der Waals surface area contributed by atoms with Gasteiger partial charge in [-0.1, -0.05) is 54.6 Å². The first-order valence-corrected chi connectivity index (χ1v) is 12.4. The van der Waals surface area contributed by atoms with Gasteiger partial charge in [0.2, 0.25) is 0 Å². The summed E-state index contributed by atoms with van der Waals surface area (Å²) in [7, 11) is 0. The molecule has 2 heterocycles. The minimum absolute atomic E-state index is 0.180. The van der Waals surface area contributed by atoms with E-state index in [4.69, 9.17) is 23.7 Å². The van der Waals surface area contributed by atoms with Crippen LogP contribution in [0.5, 0.6) is 0 Å². The smallest absolute Gasteiger partial charge is 0.338 e. The second-order valence-electron chi connectivity index (χ2n) is 9.04. The Morgan fingerprint density at radius 2 is 1.20 bits per heavy atom. The van der Waals surface area contributed by atoms with Crippen molar-refractivity contribution >= 4 is 23.9 Å². The number of rotatable bonds is 8. The third kappa shape index (κ3) is 5.78. The van der Waals surface area contributed by atoms with Crippen molar-refractivity contribution in [2.24, 2.45) is 0 Å². The summed E-state index contributed by atoms with van der Waals surface area (Å²) in [6, 6.07) is 24.3. The molecule has 0 bridgehead atoms. The zero-order valence-corrected chi connectivity index (χ0v) is 21.0. The number of hydrogen-bond donors (Lipinski definition) is 1. The summed E-state index contributed by atoms with van der Waals surface area (Å²) in [5.41, 5.74) is 0.650. The largest absolute Gasteiger partial charge is 0.459 e. The Bertz CT molecular complexity index is 1410. The summed E-state index contributed by atoms with van der Waals surface area (Å²) < 4.78 is 28.0. The van der Waals surface area contributed by atoms with E-state index in [9.17, 15) is 24.3 Å². The summed E-state index contributed by atoms with van der Waals surface area (Å²) in [5.74, 6) is -5.46. The molecule has 2 aliphatic heterocycles. The Kier molecular flexibility index (Phi) is 7.72. The van der Waals surface area contributed by atoms with Crippen molar-refractivity contribution < 1.29 is 48.0 Å². The quantitative estimate of drug-likeness (QED) is 0.333. The maximum atomic E-state index is 13.1. The van der Waals surface area contributed by atoms with E-state index in [1.54, 1.807) is 66.7 Å². The average Bonchev–Trinajstić information content (AvgIpc) is 3.52. The van der Waals surface area contributed by atoms with Crippen molar-refractivity contribution in [2.75, 3.05) is 6.61 Å². The summed E-state index contributed by atoms with van der Waals surface area (Å²) in [4.78, 5) is 50.7. The molecule has 1 fully saturated rings. The zero-order valence-electron chi connectivity index (χ0n) is 21.0. The third-order valence-electron chi connectivity index (χ3n) is 6.33. The lowest BCUT2D eigenvalue weighted by atomic mass is 10.0. The molecule has 2 aliphatic rings. The molecule has 0 radical (unpaired) electrons. The Morgan fingerprint density at radius 3 is 1.68 bits per heavy atom. The van der Waals surface area contributed by atoms with Gasteiger partial charge in [-0.15, -0.1) is 0 Å². The second kappa shape index (κ2) is 11.5. The predicted octanol–water partition coefficient (Wildman–Crippen LogP) is 2.86. The molecular weight excluding hydrogens is 520 g/mol. The molecule has 3 aromatic rings. The van der Waals surface area contributed by atoms with Crippen LogP contribution >= 0.6 is 0 Å². The number of cyclic esters (lactones) is 1. The number of carbonyl (C=O) groups is 4. The molecule has 0 saturated carbocycles. The average molecular weight is 545 g/mol. The van der Waals surface area contributed by atoms with Crippen LogP contribution in [-0.4, -0.2) is 65.8 Å². The van der Waals surface area contributed by atoms with Gasteiger partial charge in [-0.05, 0) is 42.5 Å². The van der Waals surface area contributed by atoms with Crippen LogP contribution < -0.4 is 0 Å². The molecule has 204 valence electrons. The lowest BCUT2D eigenvalue weighted by Gasteiger charge is -2.30. The van der Waals surface area contributed by atoms with Gasteiger partial charge in [0, 0.05) is 6.08 Å². The summed E-state index contributed by atoms with van der Waals surface area (Å²) >= 11 is 0. The molecule has 3 aromatic carbocycles. The molecule has 0 amide bonds. The maximum absolute atomic E-state index is 13.1. The molecule has 10 heteroatoms. The van der Waals surface area contributed by atoms with Gasteiger partial charge in [-0.2, -0.15) is 0 Å². The topological polar surface area (TPSA) is 135 Å². The van der Waals surface area contributed by atoms with E-state index in [2.05, 4.69) is 0 Å². The molecule has 0 aliphatic carbocycles. The summed E-state index contributed by atoms with van der Waals surface area (Å²) in [5, 5.41) is 11.2. The highest BCUT2D eigenvalue weighted by Crippen LogP contribution is 2.37. The number of esters is 4. The van der Waals surface area contributed by atoms with Gasteiger partial charge < -0.3 is 28.8 Å². The van der Waals surface area contributed by atoms with Crippen molar-refractivity contribution in [2.45, 2.75) is 30.2 Å². The van der Waals surface area contributed by atoms with Crippen LogP contribution in [-0.2, 0) is 28.5 Å². The predicted molar refractivity (Wildman–Crippen MR) is 137 cm³/mol. The molecule has 5 rings (SSSR count). The number of benzene rings is 3. The summed E-state index contributed by atoms with van der Waals surface area (Å²) in [6.45, 7) is -0.440. The summed E-state index contributed by atoms with van der Waals surface area (Å²) in [6.07, 6.45) is -3.54. The monoisotopic (exact) mass is 544 g/mol. The molecule has 0 aromatic heterocycles. The fourth-order valence-corrected chi connectivity index (χ4v) is 4.38. The molecule has 40 heavy (non-hydrogen) atoms. The fraction of sp³-hybridized carbons (Fsp3) is 0.200. The molecule has 1 saturated heterocycles. The van der Waals surface area contributed by atoms with Crippen LogP contribution in [0.25, 0.3) is 0 Å². The normalized spacial score (nSPS) is 25.2. The van der Waals surface area contributed by atoms with Crippen molar-refractivity contribution in [3.05, 3.63) is 120 Å². The van der Waals surface area contributed by atoms with Gasteiger partial charge in [-0.3, -0.25) is 0 Å². The van der Waals surface area contributed by atoms with Crippen LogP contribution in [0.2, 0.25) is 0 Å². The van der Waals surface area contributed by atoms with Gasteiger partial charge >= 0.3 is 23.9 Å². The minimum atomic E-state index is -2.35. The van der Waals surface area contributed by atoms with Crippen LogP contribution in [0.1, 0.15) is 31.1 Å². The lowest BCUT2D eigenvalue weighted by Crippen LogP contribution is -2.51. The third-order valence-corrected chi connectivity index (χ3v) is 6.33. The fourth-order valence-electron chi connectivity index (χ4n) is 4.38. The van der Waals surface area contributed by atoms with E-state index < -0.39 is 60.7 Å². The van der Waals surface area contributed by atoms with Crippen LogP contribution in [0.3, 0.4) is 0 Å². The highest BCUT2D eigenvalue weighted by Gasteiger charge is 2.60. The first kappa shape index (κ1) is 26.8. The highest BCUT2D eigenvalue weighted by atomic mass is 16.7. The van der Waals surface area contributed by atoms with E-state index in [0.29, 0.717) is 0 Å². The minimum Gasteiger partial charge on any atom is -0.459 e. The van der Waals surface area contributed by atoms with E-state index in [-0.39, 0.29) is 16.7 Å². The number of hydrogen-bond acceptors (Lipinski definition) is 10. The first-order chi connectivity index (χ1) is 19.3. The van der Waals surface area contributed by atoms with E-state index >= 15 is 0 Å². The SMILES string of the molecule is O=C1C=CC(O)([C@H]2O[C@H](COC(=O)c3ccccc3)[C@@H](OC(=O)c3ccccc3)[C@H]2OC(=O)c2ccccc2)O1. The van der Waals surface area contributed by atoms with Crippen molar-refractivity contribution in [1.82, 2.24) is 0 Å². The lowest BCUT2D eigenvalue weighted by molar-refractivity contribution is -0.230. The van der Waals surface area contributed by atoms with Crippen molar-refractivity contribution in [1.29, 1.82) is 0 Å². The highest BCUT2D eigenvalue weighted by molar-refractivity contribution is 5.91. The van der Waals surface area contributed by atoms with E-state index in [0.717, 1.165) is 12.2 Å². The second-order valence-corrected chi connectivity index (χ2v) is 9.04. The zero-order chi connectivity index (χ0) is 28.1. The van der Waals surface area contributed by atoms with Gasteiger partial charge in [0.05, 0.1) is 16.7 Å². The molecular formula is C30H24O10. The number of carbonyl (C=O) groups excluding carboxylic acids is 4. The molecule has 1 unspecified atom stereocenters. The Morgan fingerprint density at radius 1 is 0.725 bits per heavy atom. The van der Waals surface area contributed by atoms with Gasteiger partial charge in [0.1, 0.15) is 12.7 Å². The number of aliphatic hydroxyl groups is 1. The van der Waals surface area contributed by atoms with Crippen LogP contribution in [0.15, 0.2) is 103 Å². The van der Waals surface area contributed by atoms with Gasteiger partial charge in [-0.25, -0.2) is 19.2 Å². The van der Waals surface area contributed by atoms with Gasteiger partial charge in [0.25, 0.3) is 5.79 Å². The standard InChI is InChI=1S/C30H24O10/c31-23-16-17-30(35,40-23)26-25(39-29(34)21-14-8-3-9-15-21)24(38-28(33)20-12-6-2-7-13-20)22(37-26)18-36-27(32)19-10-4-1-5-11-19/h1-17,22,24-26,35H,18H2/t22-,24-,25-,26+,30?/m1/s1. The maximum Gasteiger partial charge on any atom is 0.338 e. The van der Waals surface area contributed by atoms with Gasteiger partial charge in [0.15, 0.2) is 18.3 Å². The van der Waals surface area contributed by atoms with E-state index in [1.807, 2.05) is 0 Å².